The van der Waals surface area contributed by atoms with E-state index in [0.717, 1.165) is 23.4 Å². The van der Waals surface area contributed by atoms with Crippen molar-refractivity contribution in [3.63, 3.8) is 0 Å². The van der Waals surface area contributed by atoms with E-state index in [9.17, 15) is 15.0 Å². The highest BCUT2D eigenvalue weighted by atomic mass is 16.5. The fraction of sp³-hybridized carbons (Fsp3) is 0.367. The second-order valence-corrected chi connectivity index (χ2v) is 10.8. The molecule has 4 fully saturated rings. The number of benzene rings is 3. The highest BCUT2D eigenvalue weighted by molar-refractivity contribution is 5.90. The van der Waals surface area contributed by atoms with E-state index < -0.39 is 12.2 Å². The van der Waals surface area contributed by atoms with Gasteiger partial charge in [-0.3, -0.25) is 0 Å². The number of rotatable bonds is 7. The van der Waals surface area contributed by atoms with Gasteiger partial charge >= 0.3 is 5.97 Å². The van der Waals surface area contributed by atoms with Crippen molar-refractivity contribution in [1.82, 2.24) is 0 Å². The smallest absolute Gasteiger partial charge is 0.339 e. The van der Waals surface area contributed by atoms with Crippen LogP contribution in [0.4, 0.5) is 5.69 Å². The number of aliphatic hydroxyl groups is 1. The molecule has 4 aliphatic rings. The zero-order valence-electron chi connectivity index (χ0n) is 19.7. The fourth-order valence-electron chi connectivity index (χ4n) is 7.20. The molecule has 4 aliphatic carbocycles. The number of carboxylic acid groups (broad SMARTS) is 1. The Morgan fingerprint density at radius 3 is 2.06 bits per heavy atom. The third-order valence-electron chi connectivity index (χ3n) is 8.38. The van der Waals surface area contributed by atoms with E-state index in [0.29, 0.717) is 16.7 Å². The van der Waals surface area contributed by atoms with E-state index in [4.69, 9.17) is 4.74 Å². The van der Waals surface area contributed by atoms with Crippen LogP contribution in [0.1, 0.15) is 66.2 Å². The molecule has 7 rings (SSSR count). The lowest BCUT2D eigenvalue weighted by molar-refractivity contribution is -0.00518. The van der Waals surface area contributed by atoms with Crippen molar-refractivity contribution in [3.05, 3.63) is 89.5 Å². The Kier molecular flexibility index (Phi) is 5.53. The average molecular weight is 470 g/mol. The van der Waals surface area contributed by atoms with Gasteiger partial charge in [0.15, 0.2) is 6.23 Å². The number of carboxylic acids is 1. The second kappa shape index (κ2) is 8.72. The van der Waals surface area contributed by atoms with Crippen molar-refractivity contribution in [3.8, 4) is 11.5 Å². The maximum atomic E-state index is 11.4. The number of para-hydroxylation sites is 1. The van der Waals surface area contributed by atoms with Gasteiger partial charge in [-0.25, -0.2) is 4.79 Å². The van der Waals surface area contributed by atoms with Crippen molar-refractivity contribution in [1.29, 1.82) is 0 Å². The Bertz CT molecular complexity index is 1180. The van der Waals surface area contributed by atoms with Crippen LogP contribution in [0.5, 0.6) is 11.5 Å². The summed E-state index contributed by atoms with van der Waals surface area (Å²) in [5, 5.41) is 23.3. The maximum Gasteiger partial charge on any atom is 0.339 e. The van der Waals surface area contributed by atoms with Gasteiger partial charge in [-0.05, 0) is 104 Å². The predicted octanol–water partition coefficient (Wildman–Crippen LogP) is 6.75. The highest BCUT2D eigenvalue weighted by Crippen LogP contribution is 2.60. The van der Waals surface area contributed by atoms with E-state index in [1.165, 1.54) is 50.2 Å². The quantitative estimate of drug-likeness (QED) is 0.334. The number of anilines is 1. The normalized spacial score (nSPS) is 27.4. The molecule has 35 heavy (non-hydrogen) atoms. The summed E-state index contributed by atoms with van der Waals surface area (Å²) in [6.45, 7) is 0. The molecular weight excluding hydrogens is 438 g/mol. The van der Waals surface area contributed by atoms with Crippen molar-refractivity contribution in [2.45, 2.75) is 50.2 Å². The van der Waals surface area contributed by atoms with Gasteiger partial charge in [0.05, 0.1) is 0 Å². The molecule has 0 radical (unpaired) electrons. The SMILES string of the molecule is O=C(O)c1ccccc1Oc1ccc(C(O)Nc2ccc(C34CC5CC(CC(C5)C3)C4)cc2)cc1. The first kappa shape index (κ1) is 22.2. The topological polar surface area (TPSA) is 78.8 Å². The van der Waals surface area contributed by atoms with Gasteiger partial charge in [0.25, 0.3) is 0 Å². The molecule has 180 valence electrons. The summed E-state index contributed by atoms with van der Waals surface area (Å²) in [7, 11) is 0. The first-order valence-corrected chi connectivity index (χ1v) is 12.6. The van der Waals surface area contributed by atoms with Gasteiger partial charge in [-0.1, -0.05) is 36.4 Å². The molecule has 4 saturated carbocycles. The van der Waals surface area contributed by atoms with Crippen LogP contribution in [0, 0.1) is 17.8 Å². The van der Waals surface area contributed by atoms with E-state index in [1.54, 1.807) is 42.5 Å². The molecule has 5 heteroatoms. The maximum absolute atomic E-state index is 11.4. The molecule has 3 aromatic carbocycles. The number of carbonyl (C=O) groups is 1. The molecule has 0 aliphatic heterocycles. The van der Waals surface area contributed by atoms with E-state index in [-0.39, 0.29) is 11.3 Å². The summed E-state index contributed by atoms with van der Waals surface area (Å²) in [4.78, 5) is 11.4. The molecule has 5 nitrogen and oxygen atoms in total. The van der Waals surface area contributed by atoms with Crippen molar-refractivity contribution >= 4 is 11.7 Å². The fourth-order valence-corrected chi connectivity index (χ4v) is 7.20. The molecule has 1 atom stereocenters. The van der Waals surface area contributed by atoms with Crippen molar-refractivity contribution in [2.24, 2.45) is 17.8 Å². The molecule has 0 aromatic heterocycles. The summed E-state index contributed by atoms with van der Waals surface area (Å²) < 4.78 is 5.75. The minimum Gasteiger partial charge on any atom is -0.478 e. The molecule has 3 N–H and O–H groups in total. The number of aliphatic hydroxyl groups excluding tert-OH is 1. The largest absolute Gasteiger partial charge is 0.478 e. The van der Waals surface area contributed by atoms with Gasteiger partial charge < -0.3 is 20.3 Å². The van der Waals surface area contributed by atoms with Gasteiger partial charge in [0.1, 0.15) is 17.1 Å². The predicted molar refractivity (Wildman–Crippen MR) is 135 cm³/mol. The van der Waals surface area contributed by atoms with Crippen LogP contribution < -0.4 is 10.1 Å². The van der Waals surface area contributed by atoms with Crippen LogP contribution in [-0.2, 0) is 5.41 Å². The number of ether oxygens (including phenoxy) is 1. The molecule has 3 aromatic rings. The molecule has 0 saturated heterocycles. The molecule has 1 unspecified atom stereocenters. The minimum absolute atomic E-state index is 0.107. The van der Waals surface area contributed by atoms with Gasteiger partial charge in [-0.2, -0.15) is 0 Å². The third kappa shape index (κ3) is 4.30. The number of aromatic carboxylic acids is 1. The summed E-state index contributed by atoms with van der Waals surface area (Å²) in [5.74, 6) is 2.52. The summed E-state index contributed by atoms with van der Waals surface area (Å²) in [6, 6.07) is 22.3. The standard InChI is InChI=1S/C30H31NO4/c32-28(22-5-11-25(12-6-22)35-27-4-2-1-3-26(27)29(33)34)31-24-9-7-23(8-10-24)30-16-19-13-20(17-30)15-21(14-19)18-30/h1-12,19-21,28,31-32H,13-18H2,(H,33,34). The third-order valence-corrected chi connectivity index (χ3v) is 8.38. The highest BCUT2D eigenvalue weighted by Gasteiger charge is 2.51. The Labute approximate surface area is 205 Å². The van der Waals surface area contributed by atoms with E-state index in [1.807, 2.05) is 0 Å². The summed E-state index contributed by atoms with van der Waals surface area (Å²) in [6.07, 6.45) is 7.52. The van der Waals surface area contributed by atoms with Crippen LogP contribution in [0.25, 0.3) is 0 Å². The molecule has 0 amide bonds. The first-order valence-electron chi connectivity index (χ1n) is 12.6. The molecule has 4 bridgehead atoms. The lowest BCUT2D eigenvalue weighted by Crippen LogP contribution is -2.48. The Morgan fingerprint density at radius 1 is 0.857 bits per heavy atom. The molecular formula is C30H31NO4. The number of nitrogens with one attached hydrogen (secondary N) is 1. The molecule has 0 spiro atoms. The Morgan fingerprint density at radius 2 is 1.46 bits per heavy atom. The van der Waals surface area contributed by atoms with Crippen LogP contribution in [0.2, 0.25) is 0 Å². The summed E-state index contributed by atoms with van der Waals surface area (Å²) in [5.41, 5.74) is 3.55. The van der Waals surface area contributed by atoms with Crippen LogP contribution in [-0.4, -0.2) is 16.2 Å². The van der Waals surface area contributed by atoms with E-state index >= 15 is 0 Å². The van der Waals surface area contributed by atoms with Crippen LogP contribution >= 0.6 is 0 Å². The lowest BCUT2D eigenvalue weighted by Gasteiger charge is -2.57. The Balaban J connectivity index is 1.11. The van der Waals surface area contributed by atoms with Crippen molar-refractivity contribution < 1.29 is 19.7 Å². The lowest BCUT2D eigenvalue weighted by atomic mass is 9.48. The van der Waals surface area contributed by atoms with Gasteiger partial charge in [0, 0.05) is 11.3 Å². The monoisotopic (exact) mass is 469 g/mol. The Hall–Kier alpha value is -3.31. The van der Waals surface area contributed by atoms with Gasteiger partial charge in [-0.15, -0.1) is 0 Å². The molecule has 0 heterocycles. The van der Waals surface area contributed by atoms with Gasteiger partial charge in [0.2, 0.25) is 0 Å². The number of hydrogen-bond acceptors (Lipinski definition) is 4. The summed E-state index contributed by atoms with van der Waals surface area (Å²) >= 11 is 0. The number of hydrogen-bond donors (Lipinski definition) is 3. The van der Waals surface area contributed by atoms with Crippen molar-refractivity contribution in [2.75, 3.05) is 5.32 Å². The minimum atomic E-state index is -1.04. The zero-order valence-corrected chi connectivity index (χ0v) is 19.7. The zero-order chi connectivity index (χ0) is 24.0. The first-order chi connectivity index (χ1) is 17.0. The second-order valence-electron chi connectivity index (χ2n) is 10.8. The van der Waals surface area contributed by atoms with Crippen LogP contribution in [0.15, 0.2) is 72.8 Å². The van der Waals surface area contributed by atoms with Crippen LogP contribution in [0.3, 0.4) is 0 Å². The average Bonchev–Trinajstić information content (AvgIpc) is 2.84. The van der Waals surface area contributed by atoms with E-state index in [2.05, 4.69) is 29.6 Å².